The number of carbonyl (C=O) groups is 1. The number of benzene rings is 1. The van der Waals surface area contributed by atoms with Crippen LogP contribution in [0.4, 0.5) is 0 Å². The summed E-state index contributed by atoms with van der Waals surface area (Å²) in [6.45, 7) is 4.10. The van der Waals surface area contributed by atoms with Crippen LogP contribution in [0.2, 0.25) is 0 Å². The summed E-state index contributed by atoms with van der Waals surface area (Å²) in [5, 5.41) is 0. The molecule has 0 saturated heterocycles. The molecular formula is C15H18O2. The third kappa shape index (κ3) is 1.48. The fourth-order valence-electron chi connectivity index (χ4n) is 2.78. The number of rotatable bonds is 4. The van der Waals surface area contributed by atoms with Gasteiger partial charge in [-0.15, -0.1) is 0 Å². The monoisotopic (exact) mass is 230 g/mol. The summed E-state index contributed by atoms with van der Waals surface area (Å²) in [4.78, 5) is 12.3. The Labute approximate surface area is 102 Å². The highest BCUT2D eigenvalue weighted by atomic mass is 16.5. The van der Waals surface area contributed by atoms with Gasteiger partial charge in [-0.1, -0.05) is 44.2 Å². The molecule has 0 N–H and O–H groups in total. The van der Waals surface area contributed by atoms with Gasteiger partial charge >= 0.3 is 0 Å². The normalized spacial score (nSPS) is 23.8. The Balaban J connectivity index is 2.56. The van der Waals surface area contributed by atoms with E-state index < -0.39 is 5.60 Å². The van der Waals surface area contributed by atoms with Crippen LogP contribution in [0.1, 0.15) is 32.3 Å². The van der Waals surface area contributed by atoms with Crippen molar-refractivity contribution < 1.29 is 9.53 Å². The minimum absolute atomic E-state index is 0.130. The fraction of sp³-hybridized carbons (Fsp3) is 0.400. The third-order valence-electron chi connectivity index (χ3n) is 3.58. The van der Waals surface area contributed by atoms with Gasteiger partial charge in [0.05, 0.1) is 0 Å². The second-order valence-corrected chi connectivity index (χ2v) is 4.24. The molecule has 0 aromatic heterocycles. The van der Waals surface area contributed by atoms with Gasteiger partial charge in [0.2, 0.25) is 0 Å². The van der Waals surface area contributed by atoms with Gasteiger partial charge in [0.15, 0.2) is 11.4 Å². The summed E-state index contributed by atoms with van der Waals surface area (Å²) in [5.74, 6) is 0.130. The third-order valence-corrected chi connectivity index (χ3v) is 3.58. The number of hydrogen-bond acceptors (Lipinski definition) is 2. The van der Waals surface area contributed by atoms with Crippen LogP contribution in [-0.2, 0) is 15.1 Å². The van der Waals surface area contributed by atoms with Gasteiger partial charge in [-0.05, 0) is 24.0 Å². The molecule has 0 heterocycles. The fourth-order valence-corrected chi connectivity index (χ4v) is 2.78. The highest BCUT2D eigenvalue weighted by Crippen LogP contribution is 2.48. The molecule has 0 fully saturated rings. The lowest BCUT2D eigenvalue weighted by Crippen LogP contribution is -2.49. The van der Waals surface area contributed by atoms with E-state index in [2.05, 4.69) is 6.92 Å². The van der Waals surface area contributed by atoms with Gasteiger partial charge < -0.3 is 4.74 Å². The van der Waals surface area contributed by atoms with E-state index in [4.69, 9.17) is 4.74 Å². The molecule has 2 rings (SSSR count). The number of ketones is 1. The van der Waals surface area contributed by atoms with Crippen LogP contribution < -0.4 is 0 Å². The van der Waals surface area contributed by atoms with Crippen LogP contribution in [-0.4, -0.2) is 12.9 Å². The molecule has 1 aliphatic carbocycles. The molecule has 0 spiro atoms. The quantitative estimate of drug-likeness (QED) is 0.793. The number of methoxy groups -OCH3 is 1. The van der Waals surface area contributed by atoms with Crippen molar-refractivity contribution in [2.24, 2.45) is 0 Å². The zero-order valence-electron chi connectivity index (χ0n) is 10.6. The van der Waals surface area contributed by atoms with Crippen LogP contribution in [0.15, 0.2) is 41.5 Å². The first-order valence-electron chi connectivity index (χ1n) is 6.10. The second kappa shape index (κ2) is 4.46. The molecule has 0 bridgehead atoms. The maximum absolute atomic E-state index is 12.3. The van der Waals surface area contributed by atoms with Crippen LogP contribution >= 0.6 is 0 Å². The molecule has 0 saturated carbocycles. The molecular weight excluding hydrogens is 212 g/mol. The first-order chi connectivity index (χ1) is 8.22. The minimum Gasteiger partial charge on any atom is -0.361 e. The van der Waals surface area contributed by atoms with Gasteiger partial charge in [0.25, 0.3) is 0 Å². The van der Waals surface area contributed by atoms with E-state index in [-0.39, 0.29) is 5.78 Å². The number of Topliss-reactive ketones (excluding diaryl/α,β-unsaturated/α-hetero) is 1. The summed E-state index contributed by atoms with van der Waals surface area (Å²) in [6.07, 6.45) is 1.65. The van der Waals surface area contributed by atoms with E-state index >= 15 is 0 Å². The predicted molar refractivity (Wildman–Crippen MR) is 67.7 cm³/mol. The molecule has 2 heteroatoms. The van der Waals surface area contributed by atoms with Crippen molar-refractivity contribution in [3.63, 3.8) is 0 Å². The van der Waals surface area contributed by atoms with E-state index in [0.29, 0.717) is 0 Å². The summed E-state index contributed by atoms with van der Waals surface area (Å²) >= 11 is 0. The van der Waals surface area contributed by atoms with Gasteiger partial charge in [-0.3, -0.25) is 4.79 Å². The zero-order chi connectivity index (χ0) is 12.5. The van der Waals surface area contributed by atoms with Gasteiger partial charge in [0, 0.05) is 12.7 Å². The Morgan fingerprint density at radius 3 is 2.24 bits per heavy atom. The van der Waals surface area contributed by atoms with Crippen molar-refractivity contribution in [1.82, 2.24) is 0 Å². The Morgan fingerprint density at radius 1 is 1.12 bits per heavy atom. The van der Waals surface area contributed by atoms with Crippen LogP contribution in [0.25, 0.3) is 0 Å². The molecule has 0 aliphatic heterocycles. The topological polar surface area (TPSA) is 26.3 Å². The molecule has 2 nitrogen and oxygen atoms in total. The lowest BCUT2D eigenvalue weighted by Gasteiger charge is -2.43. The second-order valence-electron chi connectivity index (χ2n) is 4.24. The van der Waals surface area contributed by atoms with Crippen LogP contribution in [0, 0.1) is 0 Å². The van der Waals surface area contributed by atoms with Gasteiger partial charge in [-0.25, -0.2) is 0 Å². The highest BCUT2D eigenvalue weighted by Gasteiger charge is 2.53. The molecule has 0 amide bonds. The standard InChI is InChI=1S/C15H18O2/c1-4-12-13(5-2)15(17-3,14(12)16)11-9-7-6-8-10-11/h6-10H,4-5H2,1-3H3. The van der Waals surface area contributed by atoms with Gasteiger partial charge in [-0.2, -0.15) is 0 Å². The van der Waals surface area contributed by atoms with E-state index in [1.165, 1.54) is 0 Å². The maximum Gasteiger partial charge on any atom is 0.199 e. The first-order valence-corrected chi connectivity index (χ1v) is 6.10. The Bertz CT molecular complexity index is 459. The zero-order valence-corrected chi connectivity index (χ0v) is 10.6. The number of hydrogen-bond donors (Lipinski definition) is 0. The van der Waals surface area contributed by atoms with E-state index in [1.807, 2.05) is 37.3 Å². The Morgan fingerprint density at radius 2 is 1.76 bits per heavy atom. The average Bonchev–Trinajstić information content (AvgIpc) is 2.38. The van der Waals surface area contributed by atoms with E-state index in [1.54, 1.807) is 7.11 Å². The molecule has 90 valence electrons. The smallest absolute Gasteiger partial charge is 0.199 e. The lowest BCUT2D eigenvalue weighted by molar-refractivity contribution is -0.139. The van der Waals surface area contributed by atoms with Crippen LogP contribution in [0.5, 0.6) is 0 Å². The molecule has 17 heavy (non-hydrogen) atoms. The highest BCUT2D eigenvalue weighted by molar-refractivity contribution is 6.12. The van der Waals surface area contributed by atoms with Crippen molar-refractivity contribution in [3.05, 3.63) is 47.0 Å². The minimum atomic E-state index is -0.804. The van der Waals surface area contributed by atoms with Crippen molar-refractivity contribution in [3.8, 4) is 0 Å². The summed E-state index contributed by atoms with van der Waals surface area (Å²) in [6, 6.07) is 9.76. The average molecular weight is 230 g/mol. The molecule has 0 radical (unpaired) electrons. The van der Waals surface area contributed by atoms with Crippen LogP contribution in [0.3, 0.4) is 0 Å². The lowest BCUT2D eigenvalue weighted by atomic mass is 9.66. The number of carbonyl (C=O) groups excluding carboxylic acids is 1. The summed E-state index contributed by atoms with van der Waals surface area (Å²) in [5.41, 5.74) is 2.22. The van der Waals surface area contributed by atoms with Crippen molar-refractivity contribution in [1.29, 1.82) is 0 Å². The van der Waals surface area contributed by atoms with Crippen molar-refractivity contribution >= 4 is 5.78 Å². The molecule has 1 aromatic carbocycles. The maximum atomic E-state index is 12.3. The summed E-state index contributed by atoms with van der Waals surface area (Å²) in [7, 11) is 1.62. The molecule has 1 aromatic rings. The Hall–Kier alpha value is -1.41. The molecule has 1 unspecified atom stereocenters. The molecule has 1 aliphatic rings. The first kappa shape index (κ1) is 12.1. The SMILES string of the molecule is CCC1=C(CC)C(OC)(c2ccccc2)C1=O. The molecule has 1 atom stereocenters. The predicted octanol–water partition coefficient (Wildman–Crippen LogP) is 3.23. The van der Waals surface area contributed by atoms with Crippen molar-refractivity contribution in [2.45, 2.75) is 32.3 Å². The number of ether oxygens (including phenoxy) is 1. The van der Waals surface area contributed by atoms with E-state index in [9.17, 15) is 4.79 Å². The van der Waals surface area contributed by atoms with Crippen molar-refractivity contribution in [2.75, 3.05) is 7.11 Å². The largest absolute Gasteiger partial charge is 0.361 e. The Kier molecular flexibility index (Phi) is 3.16. The summed E-state index contributed by atoms with van der Waals surface area (Å²) < 4.78 is 5.60. The van der Waals surface area contributed by atoms with E-state index in [0.717, 1.165) is 29.6 Å². The van der Waals surface area contributed by atoms with Gasteiger partial charge in [0.1, 0.15) is 0 Å².